The number of ether oxygens (including phenoxy) is 1. The Kier molecular flexibility index (Phi) is 5.09. The number of sulfonamides is 1. The summed E-state index contributed by atoms with van der Waals surface area (Å²) in [6.45, 7) is 3.95. The van der Waals surface area contributed by atoms with Crippen LogP contribution in [0.3, 0.4) is 0 Å². The zero-order valence-corrected chi connectivity index (χ0v) is 19.1. The lowest BCUT2D eigenvalue weighted by Gasteiger charge is -2.29. The molecule has 168 valence electrons. The smallest absolute Gasteiger partial charge is 0.262 e. The van der Waals surface area contributed by atoms with Gasteiger partial charge in [0.25, 0.3) is 10.0 Å². The zero-order valence-electron chi connectivity index (χ0n) is 18.3. The quantitative estimate of drug-likeness (QED) is 0.461. The fraction of sp³-hybridized carbons (Fsp3) is 0.160. The zero-order chi connectivity index (χ0) is 23.2. The van der Waals surface area contributed by atoms with Crippen molar-refractivity contribution in [3.8, 4) is 17.0 Å². The summed E-state index contributed by atoms with van der Waals surface area (Å²) < 4.78 is 34.9. The first-order valence-electron chi connectivity index (χ1n) is 10.6. The van der Waals surface area contributed by atoms with Gasteiger partial charge in [0.2, 0.25) is 5.91 Å². The van der Waals surface area contributed by atoms with Crippen molar-refractivity contribution in [1.82, 2.24) is 4.98 Å². The first-order valence-corrected chi connectivity index (χ1v) is 12.1. The third kappa shape index (κ3) is 3.93. The number of nitrogens with one attached hydrogen (secondary N) is 2. The van der Waals surface area contributed by atoms with Crippen molar-refractivity contribution < 1.29 is 17.9 Å². The van der Waals surface area contributed by atoms with Crippen molar-refractivity contribution in [2.24, 2.45) is 0 Å². The fourth-order valence-electron chi connectivity index (χ4n) is 4.15. The first kappa shape index (κ1) is 21.1. The number of carbonyl (C=O) groups excluding carboxylic acids is 1. The van der Waals surface area contributed by atoms with Crippen LogP contribution in [0.15, 0.2) is 71.6 Å². The molecule has 7 nitrogen and oxygen atoms in total. The van der Waals surface area contributed by atoms with Gasteiger partial charge in [0.05, 0.1) is 17.1 Å². The van der Waals surface area contributed by atoms with Gasteiger partial charge in [-0.15, -0.1) is 0 Å². The molecule has 2 N–H and O–H groups in total. The van der Waals surface area contributed by atoms with Crippen molar-refractivity contribution in [3.05, 3.63) is 72.3 Å². The number of aromatic nitrogens is 1. The summed E-state index contributed by atoms with van der Waals surface area (Å²) in [7, 11) is -3.88. The highest BCUT2D eigenvalue weighted by Crippen LogP contribution is 2.36. The number of benzene rings is 3. The van der Waals surface area contributed by atoms with E-state index in [9.17, 15) is 13.2 Å². The van der Waals surface area contributed by atoms with Gasteiger partial charge in [-0.05, 0) is 42.8 Å². The van der Waals surface area contributed by atoms with Crippen LogP contribution in [0.5, 0.6) is 5.75 Å². The minimum Gasteiger partial charge on any atom is -0.489 e. The van der Waals surface area contributed by atoms with E-state index in [1.807, 2.05) is 42.5 Å². The summed E-state index contributed by atoms with van der Waals surface area (Å²) in [5.41, 5.74) is 4.36. The summed E-state index contributed by atoms with van der Waals surface area (Å²) in [5.74, 6) is 0.274. The van der Waals surface area contributed by atoms with Gasteiger partial charge in [-0.2, -0.15) is 0 Å². The molecular formula is C25H23N3O4S. The van der Waals surface area contributed by atoms with Crippen molar-refractivity contribution >= 4 is 38.2 Å². The number of aromatic amines is 1. The Bertz CT molecular complexity index is 1460. The van der Waals surface area contributed by atoms with E-state index < -0.39 is 10.0 Å². The molecule has 0 fully saturated rings. The molecule has 33 heavy (non-hydrogen) atoms. The van der Waals surface area contributed by atoms with Crippen LogP contribution in [0.1, 0.15) is 12.5 Å². The molecule has 0 saturated carbocycles. The topological polar surface area (TPSA) is 91.5 Å². The SMILES string of the molecule is CC(=O)N1CCOc2cc(S(=O)(=O)Nc3cccc(-c4cc5ccccc5[nH]4)c3)c(C)cc21. The van der Waals surface area contributed by atoms with Crippen LogP contribution >= 0.6 is 0 Å². The number of carbonyl (C=O) groups is 1. The van der Waals surface area contributed by atoms with Gasteiger partial charge in [0.15, 0.2) is 0 Å². The van der Waals surface area contributed by atoms with E-state index >= 15 is 0 Å². The van der Waals surface area contributed by atoms with E-state index in [2.05, 4.69) is 9.71 Å². The largest absolute Gasteiger partial charge is 0.489 e. The fourth-order valence-corrected chi connectivity index (χ4v) is 5.45. The van der Waals surface area contributed by atoms with Gasteiger partial charge in [-0.1, -0.05) is 30.3 Å². The molecule has 0 radical (unpaired) electrons. The molecule has 0 atom stereocenters. The maximum atomic E-state index is 13.3. The predicted molar refractivity (Wildman–Crippen MR) is 129 cm³/mol. The van der Waals surface area contributed by atoms with Gasteiger partial charge in [-0.25, -0.2) is 8.42 Å². The van der Waals surface area contributed by atoms with Gasteiger partial charge < -0.3 is 14.6 Å². The first-order chi connectivity index (χ1) is 15.8. The molecule has 0 unspecified atom stereocenters. The number of para-hydroxylation sites is 1. The van der Waals surface area contributed by atoms with Crippen LogP contribution in [0.2, 0.25) is 0 Å². The lowest BCUT2D eigenvalue weighted by atomic mass is 10.1. The molecule has 8 heteroatoms. The number of rotatable bonds is 4. The summed E-state index contributed by atoms with van der Waals surface area (Å²) in [4.78, 5) is 17.0. The number of nitrogens with zero attached hydrogens (tertiary/aromatic N) is 1. The predicted octanol–water partition coefficient (Wildman–Crippen LogP) is 4.69. The van der Waals surface area contributed by atoms with E-state index in [0.29, 0.717) is 35.8 Å². The van der Waals surface area contributed by atoms with Crippen LogP contribution in [-0.2, 0) is 14.8 Å². The third-order valence-corrected chi connectivity index (χ3v) is 7.27. The number of hydrogen-bond donors (Lipinski definition) is 2. The molecule has 0 bridgehead atoms. The standard InChI is InChI=1S/C25H23N3O4S/c1-16-12-23-24(32-11-10-28(23)17(2)29)15-25(16)33(30,31)27-20-8-5-7-18(13-20)22-14-19-6-3-4-9-21(19)26-22/h3-9,12-15,26-27H,10-11H2,1-2H3. The lowest BCUT2D eigenvalue weighted by molar-refractivity contribution is -0.116. The summed E-state index contributed by atoms with van der Waals surface area (Å²) in [6, 6.07) is 20.4. The van der Waals surface area contributed by atoms with Crippen LogP contribution in [0.4, 0.5) is 11.4 Å². The van der Waals surface area contributed by atoms with Crippen LogP contribution in [0.25, 0.3) is 22.2 Å². The van der Waals surface area contributed by atoms with E-state index in [-0.39, 0.29) is 10.8 Å². The summed E-state index contributed by atoms with van der Waals surface area (Å²) >= 11 is 0. The molecule has 0 spiro atoms. The number of fused-ring (bicyclic) bond motifs is 2. The van der Waals surface area contributed by atoms with Crippen molar-refractivity contribution in [1.29, 1.82) is 0 Å². The molecule has 3 aromatic carbocycles. The van der Waals surface area contributed by atoms with E-state index in [4.69, 9.17) is 4.74 Å². The van der Waals surface area contributed by atoms with Crippen molar-refractivity contribution in [3.63, 3.8) is 0 Å². The molecule has 1 amide bonds. The molecule has 1 aromatic heterocycles. The summed E-state index contributed by atoms with van der Waals surface area (Å²) in [6.07, 6.45) is 0. The summed E-state index contributed by atoms with van der Waals surface area (Å²) in [5, 5.41) is 1.09. The number of amides is 1. The second-order valence-corrected chi connectivity index (χ2v) is 9.71. The third-order valence-electron chi connectivity index (χ3n) is 5.75. The van der Waals surface area contributed by atoms with Crippen LogP contribution in [-0.4, -0.2) is 32.5 Å². The normalized spacial score (nSPS) is 13.5. The number of anilines is 2. The Morgan fingerprint density at radius 3 is 2.67 bits per heavy atom. The van der Waals surface area contributed by atoms with E-state index in [0.717, 1.165) is 22.2 Å². The number of H-pyrrole nitrogens is 1. The number of aryl methyl sites for hydroxylation is 1. The Balaban J connectivity index is 1.47. The van der Waals surface area contributed by atoms with Crippen LogP contribution < -0.4 is 14.4 Å². The molecule has 1 aliphatic heterocycles. The Morgan fingerprint density at radius 1 is 1.06 bits per heavy atom. The Labute approximate surface area is 192 Å². The minimum absolute atomic E-state index is 0.110. The highest BCUT2D eigenvalue weighted by Gasteiger charge is 2.26. The average molecular weight is 462 g/mol. The highest BCUT2D eigenvalue weighted by atomic mass is 32.2. The lowest BCUT2D eigenvalue weighted by Crippen LogP contribution is -2.36. The second kappa shape index (κ2) is 7.97. The average Bonchev–Trinajstić information content (AvgIpc) is 3.22. The molecular weight excluding hydrogens is 438 g/mol. The Morgan fingerprint density at radius 2 is 1.88 bits per heavy atom. The molecule has 2 heterocycles. The minimum atomic E-state index is -3.88. The monoisotopic (exact) mass is 461 g/mol. The molecule has 1 aliphatic rings. The highest BCUT2D eigenvalue weighted by molar-refractivity contribution is 7.92. The van der Waals surface area contributed by atoms with Crippen molar-refractivity contribution in [2.45, 2.75) is 18.7 Å². The maximum Gasteiger partial charge on any atom is 0.262 e. The van der Waals surface area contributed by atoms with Gasteiger partial charge in [-0.3, -0.25) is 9.52 Å². The van der Waals surface area contributed by atoms with Crippen molar-refractivity contribution in [2.75, 3.05) is 22.8 Å². The molecule has 0 aliphatic carbocycles. The van der Waals surface area contributed by atoms with E-state index in [1.165, 1.54) is 13.0 Å². The van der Waals surface area contributed by atoms with Gasteiger partial charge in [0, 0.05) is 40.8 Å². The van der Waals surface area contributed by atoms with Crippen LogP contribution in [0, 0.1) is 6.92 Å². The maximum absolute atomic E-state index is 13.3. The Hall–Kier alpha value is -3.78. The van der Waals surface area contributed by atoms with E-state index in [1.54, 1.807) is 30.0 Å². The second-order valence-electron chi connectivity index (χ2n) is 8.06. The van der Waals surface area contributed by atoms with Gasteiger partial charge >= 0.3 is 0 Å². The van der Waals surface area contributed by atoms with Gasteiger partial charge in [0.1, 0.15) is 12.4 Å². The number of hydrogen-bond acceptors (Lipinski definition) is 4. The molecule has 5 rings (SSSR count). The molecule has 4 aromatic rings. The molecule has 0 saturated heterocycles.